The van der Waals surface area contributed by atoms with E-state index in [1.54, 1.807) is 38.1 Å². The summed E-state index contributed by atoms with van der Waals surface area (Å²) in [5.74, 6) is -1.24. The van der Waals surface area contributed by atoms with Crippen LogP contribution < -0.4 is 16.0 Å². The number of nitrogens with one attached hydrogen (secondary N) is 3. The number of ether oxygens (including phenoxy) is 1. The van der Waals surface area contributed by atoms with E-state index in [1.807, 2.05) is 36.4 Å². The van der Waals surface area contributed by atoms with Crippen molar-refractivity contribution in [3.05, 3.63) is 66.2 Å². The molecule has 0 radical (unpaired) electrons. The molecule has 0 saturated carbocycles. The molecule has 1 atom stereocenters. The van der Waals surface area contributed by atoms with Crippen molar-refractivity contribution in [2.75, 3.05) is 18.5 Å². The summed E-state index contributed by atoms with van der Waals surface area (Å²) in [7, 11) is 0. The summed E-state index contributed by atoms with van der Waals surface area (Å²) in [5, 5.41) is 7.96. The van der Waals surface area contributed by atoms with Crippen LogP contribution in [0, 0.1) is 5.92 Å². The second kappa shape index (κ2) is 11.5. The van der Waals surface area contributed by atoms with E-state index in [4.69, 9.17) is 4.74 Å². The molecule has 2 aromatic rings. The minimum Gasteiger partial charge on any atom is -0.454 e. The van der Waals surface area contributed by atoms with Gasteiger partial charge in [-0.1, -0.05) is 62.4 Å². The number of carbonyl (C=O) groups excluding carboxylic acids is 3. The van der Waals surface area contributed by atoms with Gasteiger partial charge in [0.25, 0.3) is 5.91 Å². The number of esters is 1. The standard InChI is InChI=1S/C22H27N3O4/c1-16(2)20(25-22(28)24-18-11-7-4-8-12-18)21(27)29-15-19(26)23-14-13-17-9-5-3-6-10-17/h3-12,16,20H,13-15H2,1-2H3,(H,23,26)(H2,24,25,28)/t20-/m1/s1. The molecule has 2 aromatic carbocycles. The lowest BCUT2D eigenvalue weighted by Gasteiger charge is -2.21. The van der Waals surface area contributed by atoms with Gasteiger partial charge in [0.05, 0.1) is 0 Å². The van der Waals surface area contributed by atoms with Gasteiger partial charge in [0, 0.05) is 12.2 Å². The van der Waals surface area contributed by atoms with E-state index in [2.05, 4.69) is 16.0 Å². The number of amides is 3. The number of carbonyl (C=O) groups is 3. The third kappa shape index (κ3) is 8.04. The van der Waals surface area contributed by atoms with Crippen LogP contribution in [-0.2, 0) is 20.7 Å². The van der Waals surface area contributed by atoms with Crippen LogP contribution in [-0.4, -0.2) is 37.1 Å². The summed E-state index contributed by atoms with van der Waals surface area (Å²) in [6, 6.07) is 17.3. The molecular weight excluding hydrogens is 370 g/mol. The minimum absolute atomic E-state index is 0.204. The molecule has 0 fully saturated rings. The lowest BCUT2D eigenvalue weighted by Crippen LogP contribution is -2.47. The van der Waals surface area contributed by atoms with Crippen LogP contribution >= 0.6 is 0 Å². The topological polar surface area (TPSA) is 96.5 Å². The Labute approximate surface area is 170 Å². The zero-order chi connectivity index (χ0) is 21.1. The van der Waals surface area contributed by atoms with Crippen molar-refractivity contribution in [1.82, 2.24) is 10.6 Å². The molecule has 154 valence electrons. The van der Waals surface area contributed by atoms with E-state index < -0.39 is 24.6 Å². The number of hydrogen-bond acceptors (Lipinski definition) is 4. The van der Waals surface area contributed by atoms with Crippen molar-refractivity contribution in [3.8, 4) is 0 Å². The van der Waals surface area contributed by atoms with Gasteiger partial charge in [0.2, 0.25) is 0 Å². The molecule has 7 heteroatoms. The smallest absolute Gasteiger partial charge is 0.329 e. The fourth-order valence-electron chi connectivity index (χ4n) is 2.60. The van der Waals surface area contributed by atoms with Gasteiger partial charge in [-0.25, -0.2) is 9.59 Å². The molecule has 0 aliphatic heterocycles. The average molecular weight is 397 g/mol. The van der Waals surface area contributed by atoms with Crippen LogP contribution in [0.4, 0.5) is 10.5 Å². The highest BCUT2D eigenvalue weighted by Gasteiger charge is 2.26. The quantitative estimate of drug-likeness (QED) is 0.567. The number of hydrogen-bond donors (Lipinski definition) is 3. The number of rotatable bonds is 9. The first-order valence-corrected chi connectivity index (χ1v) is 9.55. The van der Waals surface area contributed by atoms with Gasteiger partial charge in [-0.15, -0.1) is 0 Å². The summed E-state index contributed by atoms with van der Waals surface area (Å²) in [6.07, 6.45) is 0.691. The van der Waals surface area contributed by atoms with Crippen molar-refractivity contribution in [1.29, 1.82) is 0 Å². The fourth-order valence-corrected chi connectivity index (χ4v) is 2.60. The number of para-hydroxylation sites is 1. The summed E-state index contributed by atoms with van der Waals surface area (Å²) < 4.78 is 5.09. The van der Waals surface area contributed by atoms with E-state index in [0.29, 0.717) is 18.7 Å². The summed E-state index contributed by atoms with van der Waals surface area (Å²) >= 11 is 0. The van der Waals surface area contributed by atoms with Crippen molar-refractivity contribution < 1.29 is 19.1 Å². The summed E-state index contributed by atoms with van der Waals surface area (Å²) in [4.78, 5) is 36.4. The van der Waals surface area contributed by atoms with Crippen LogP contribution in [0.2, 0.25) is 0 Å². The molecule has 0 aromatic heterocycles. The molecule has 3 amide bonds. The molecule has 0 heterocycles. The third-order valence-corrected chi connectivity index (χ3v) is 4.16. The highest BCUT2D eigenvalue weighted by molar-refractivity contribution is 5.93. The first-order chi connectivity index (χ1) is 14.0. The Kier molecular flexibility index (Phi) is 8.69. The number of urea groups is 1. The minimum atomic E-state index is -0.865. The molecule has 0 aliphatic carbocycles. The monoisotopic (exact) mass is 397 g/mol. The molecule has 0 saturated heterocycles. The SMILES string of the molecule is CC(C)[C@@H](NC(=O)Nc1ccccc1)C(=O)OCC(=O)NCCc1ccccc1. The summed E-state index contributed by atoms with van der Waals surface area (Å²) in [6.45, 7) is 3.63. The Hall–Kier alpha value is -3.35. The third-order valence-electron chi connectivity index (χ3n) is 4.16. The van der Waals surface area contributed by atoms with E-state index in [-0.39, 0.29) is 11.8 Å². The first-order valence-electron chi connectivity index (χ1n) is 9.55. The second-order valence-electron chi connectivity index (χ2n) is 6.88. The molecule has 0 spiro atoms. The number of anilines is 1. The maximum Gasteiger partial charge on any atom is 0.329 e. The van der Waals surface area contributed by atoms with Crippen LogP contribution in [0.15, 0.2) is 60.7 Å². The van der Waals surface area contributed by atoms with Crippen LogP contribution in [0.1, 0.15) is 19.4 Å². The molecule has 3 N–H and O–H groups in total. The van der Waals surface area contributed by atoms with E-state index in [9.17, 15) is 14.4 Å². The van der Waals surface area contributed by atoms with Crippen molar-refractivity contribution in [2.24, 2.45) is 5.92 Å². The number of benzene rings is 2. The predicted molar refractivity (Wildman–Crippen MR) is 111 cm³/mol. The first kappa shape index (κ1) is 21.9. The zero-order valence-electron chi connectivity index (χ0n) is 16.7. The van der Waals surface area contributed by atoms with Crippen LogP contribution in [0.5, 0.6) is 0 Å². The predicted octanol–water partition coefficient (Wildman–Crippen LogP) is 2.73. The highest BCUT2D eigenvalue weighted by atomic mass is 16.5. The Bertz CT molecular complexity index is 794. The van der Waals surface area contributed by atoms with Gasteiger partial charge in [0.1, 0.15) is 6.04 Å². The van der Waals surface area contributed by atoms with Crippen molar-refractivity contribution in [2.45, 2.75) is 26.3 Å². The molecule has 0 bridgehead atoms. The molecule has 0 unspecified atom stereocenters. The molecular formula is C22H27N3O4. The van der Waals surface area contributed by atoms with Gasteiger partial charge in [0.15, 0.2) is 6.61 Å². The van der Waals surface area contributed by atoms with Crippen LogP contribution in [0.25, 0.3) is 0 Å². The maximum atomic E-state index is 12.3. The van der Waals surface area contributed by atoms with Gasteiger partial charge in [-0.3, -0.25) is 4.79 Å². The molecule has 2 rings (SSSR count). The average Bonchev–Trinajstić information content (AvgIpc) is 2.71. The largest absolute Gasteiger partial charge is 0.454 e. The van der Waals surface area contributed by atoms with E-state index in [0.717, 1.165) is 5.56 Å². The van der Waals surface area contributed by atoms with Crippen molar-refractivity contribution in [3.63, 3.8) is 0 Å². The fraction of sp³-hybridized carbons (Fsp3) is 0.318. The lowest BCUT2D eigenvalue weighted by atomic mass is 10.1. The van der Waals surface area contributed by atoms with Crippen LogP contribution in [0.3, 0.4) is 0 Å². The van der Waals surface area contributed by atoms with E-state index >= 15 is 0 Å². The maximum absolute atomic E-state index is 12.3. The Morgan fingerprint density at radius 3 is 2.17 bits per heavy atom. The Balaban J connectivity index is 1.75. The Morgan fingerprint density at radius 2 is 1.55 bits per heavy atom. The molecule has 29 heavy (non-hydrogen) atoms. The van der Waals surface area contributed by atoms with Gasteiger partial charge in [-0.2, -0.15) is 0 Å². The zero-order valence-corrected chi connectivity index (χ0v) is 16.7. The Morgan fingerprint density at radius 1 is 0.931 bits per heavy atom. The molecule has 0 aliphatic rings. The normalized spacial score (nSPS) is 11.4. The van der Waals surface area contributed by atoms with Crippen molar-refractivity contribution >= 4 is 23.6 Å². The van der Waals surface area contributed by atoms with Gasteiger partial charge < -0.3 is 20.7 Å². The van der Waals surface area contributed by atoms with Gasteiger partial charge >= 0.3 is 12.0 Å². The molecule has 7 nitrogen and oxygen atoms in total. The van der Waals surface area contributed by atoms with E-state index in [1.165, 1.54) is 0 Å². The van der Waals surface area contributed by atoms with Gasteiger partial charge in [-0.05, 0) is 30.0 Å². The summed E-state index contributed by atoms with van der Waals surface area (Å²) in [5.41, 5.74) is 1.72. The lowest BCUT2D eigenvalue weighted by molar-refractivity contribution is -0.151. The second-order valence-corrected chi connectivity index (χ2v) is 6.88. The highest BCUT2D eigenvalue weighted by Crippen LogP contribution is 2.07.